The molecule has 1 saturated heterocycles. The Labute approximate surface area is 130 Å². The van der Waals surface area contributed by atoms with Crippen LogP contribution in [0.1, 0.15) is 0 Å². The Hall–Kier alpha value is 1.65. The molecule has 0 radical (unpaired) electrons. The molecule has 0 aliphatic carbocycles. The Kier molecular flexibility index (Phi) is 4.50. The third-order valence-corrected chi connectivity index (χ3v) is 153. The quantitative estimate of drug-likeness (QED) is 0.509. The zero-order valence-electron chi connectivity index (χ0n) is 15.4. The molecule has 0 nitrogen and oxygen atoms in total. The summed E-state index contributed by atoms with van der Waals surface area (Å²) in [6.45, 7) is 31.5. The molecular formula is C12H36SSi6. The van der Waals surface area contributed by atoms with Crippen molar-refractivity contribution >= 4 is 52.6 Å². The molecule has 0 unspecified atom stereocenters. The van der Waals surface area contributed by atoms with E-state index in [4.69, 9.17) is 0 Å². The molecular weight excluding hydrogens is 345 g/mol. The second kappa shape index (κ2) is 4.58. The highest BCUT2D eigenvalue weighted by molar-refractivity contribution is 8.61. The summed E-state index contributed by atoms with van der Waals surface area (Å²) < 4.78 is 0. The standard InChI is InChI=1S/C12H36SSi6/c1-14(2)13-15(3,4)17(7,8)19(11,12)18(9,10)16(14,5)6/h1-12H3. The maximum Gasteiger partial charge on any atom is 0.0924 e. The molecule has 0 N–H and O–H groups in total. The van der Waals surface area contributed by atoms with E-state index < -0.39 is 41.9 Å². The maximum atomic E-state index is 2.84. The van der Waals surface area contributed by atoms with Gasteiger partial charge in [0.25, 0.3) is 0 Å². The van der Waals surface area contributed by atoms with Gasteiger partial charge in [-0.15, -0.1) is 0 Å². The van der Waals surface area contributed by atoms with E-state index in [-0.39, 0.29) is 0 Å². The van der Waals surface area contributed by atoms with Gasteiger partial charge in [-0.2, -0.15) is 0 Å². The van der Waals surface area contributed by atoms with E-state index in [1.54, 1.807) is 0 Å². The van der Waals surface area contributed by atoms with Gasteiger partial charge in [0.15, 0.2) is 0 Å². The van der Waals surface area contributed by atoms with Crippen LogP contribution < -0.4 is 0 Å². The molecule has 19 heavy (non-hydrogen) atoms. The second-order valence-electron chi connectivity index (χ2n) is 9.62. The summed E-state index contributed by atoms with van der Waals surface area (Å²) in [6.07, 6.45) is 0. The van der Waals surface area contributed by atoms with E-state index in [1.807, 2.05) is 0 Å². The smallest absolute Gasteiger partial charge is 0.0924 e. The molecule has 0 spiro atoms. The Morgan fingerprint density at radius 3 is 0.789 bits per heavy atom. The van der Waals surface area contributed by atoms with Gasteiger partial charge in [0.2, 0.25) is 0 Å². The Bertz CT molecular complexity index is 348. The van der Waals surface area contributed by atoms with Crippen LogP contribution in [0.5, 0.6) is 0 Å². The molecule has 1 aliphatic heterocycles. The molecule has 1 aliphatic rings. The molecule has 1 heterocycles. The summed E-state index contributed by atoms with van der Waals surface area (Å²) in [4.78, 5) is 0. The lowest BCUT2D eigenvalue weighted by molar-refractivity contribution is 1.78. The zero-order chi connectivity index (χ0) is 15.7. The fourth-order valence-corrected chi connectivity index (χ4v) is 222. The van der Waals surface area contributed by atoms with Crippen LogP contribution in [0.4, 0.5) is 0 Å². The normalized spacial score (nSPS) is 33.5. The van der Waals surface area contributed by atoms with Gasteiger partial charge in [-0.1, -0.05) is 78.6 Å². The van der Waals surface area contributed by atoms with E-state index in [0.717, 1.165) is 0 Å². The minimum absolute atomic E-state index is 1.04. The van der Waals surface area contributed by atoms with Crippen molar-refractivity contribution in [1.82, 2.24) is 0 Å². The predicted molar refractivity (Wildman–Crippen MR) is 112 cm³/mol. The summed E-state index contributed by atoms with van der Waals surface area (Å²) in [5.41, 5.74) is 0. The Balaban J connectivity index is 3.70. The van der Waals surface area contributed by atoms with Crippen LogP contribution in [0.15, 0.2) is 0 Å². The fourth-order valence-electron chi connectivity index (χ4n) is 3.96. The highest BCUT2D eigenvalue weighted by Gasteiger charge is 2.70. The van der Waals surface area contributed by atoms with Crippen molar-refractivity contribution in [1.29, 1.82) is 0 Å². The first-order valence-electron chi connectivity index (χ1n) is 7.66. The molecule has 0 saturated carbocycles. The fraction of sp³-hybridized carbons (Fsp3) is 1.00. The van der Waals surface area contributed by atoms with Crippen molar-refractivity contribution in [3.05, 3.63) is 0 Å². The summed E-state index contributed by atoms with van der Waals surface area (Å²) in [6, 6.07) is 0. The van der Waals surface area contributed by atoms with Gasteiger partial charge in [-0.25, -0.2) is 10.7 Å². The molecule has 0 aromatic rings. The second-order valence-corrected chi connectivity index (χ2v) is 83.1. The summed E-state index contributed by atoms with van der Waals surface area (Å²) >= 11 is 0. The summed E-state index contributed by atoms with van der Waals surface area (Å²) in [5, 5.41) is 0. The SMILES string of the molecule is C[Si]1(C)S[Si](C)(C)[Si](C)(C)[Si](C)(C)[Si](C)(C)[Si]1(C)C. The van der Waals surface area contributed by atoms with Crippen molar-refractivity contribution in [2.45, 2.75) is 78.6 Å². The van der Waals surface area contributed by atoms with Gasteiger partial charge in [-0.05, 0) is 0 Å². The van der Waals surface area contributed by atoms with Gasteiger partial charge in [-0.3, -0.25) is 0 Å². The van der Waals surface area contributed by atoms with E-state index >= 15 is 0 Å². The third-order valence-electron chi connectivity index (χ3n) is 8.21. The monoisotopic (exact) mass is 380 g/mol. The van der Waals surface area contributed by atoms with Crippen LogP contribution >= 0.6 is 10.7 Å². The van der Waals surface area contributed by atoms with Crippen LogP contribution in [0, 0.1) is 0 Å². The first-order valence-corrected chi connectivity index (χ1v) is 32.9. The first kappa shape index (κ1) is 18.7. The molecule has 7 heteroatoms. The van der Waals surface area contributed by atoms with Crippen LogP contribution in [-0.4, -0.2) is 41.9 Å². The van der Waals surface area contributed by atoms with E-state index in [9.17, 15) is 0 Å². The average Bonchev–Trinajstić information content (AvgIpc) is 2.14. The van der Waals surface area contributed by atoms with Gasteiger partial charge < -0.3 is 0 Å². The molecule has 1 rings (SSSR count). The average molecular weight is 381 g/mol. The lowest BCUT2D eigenvalue weighted by Gasteiger charge is -2.56. The van der Waals surface area contributed by atoms with Gasteiger partial charge in [0, 0.05) is 28.4 Å². The third kappa shape index (κ3) is 2.21. The van der Waals surface area contributed by atoms with Gasteiger partial charge >= 0.3 is 0 Å². The highest BCUT2D eigenvalue weighted by atomic mass is 32.6. The molecule has 0 aromatic heterocycles. The van der Waals surface area contributed by atoms with Crippen molar-refractivity contribution in [3.8, 4) is 0 Å². The van der Waals surface area contributed by atoms with Crippen LogP contribution in [0.2, 0.25) is 78.6 Å². The highest BCUT2D eigenvalue weighted by Crippen LogP contribution is 2.53. The molecule has 1 fully saturated rings. The minimum Gasteiger partial charge on any atom is -0.213 e. The van der Waals surface area contributed by atoms with Crippen molar-refractivity contribution in [2.75, 3.05) is 0 Å². The molecule has 0 atom stereocenters. The van der Waals surface area contributed by atoms with Crippen LogP contribution in [0.25, 0.3) is 0 Å². The number of rotatable bonds is 0. The molecule has 0 amide bonds. The van der Waals surface area contributed by atoms with Crippen molar-refractivity contribution in [3.63, 3.8) is 0 Å². The van der Waals surface area contributed by atoms with Crippen LogP contribution in [0.3, 0.4) is 0 Å². The number of hydrogen-bond acceptors (Lipinski definition) is 1. The largest absolute Gasteiger partial charge is 0.213 e. The predicted octanol–water partition coefficient (Wildman–Crippen LogP) is 5.37. The Morgan fingerprint density at radius 1 is 0.368 bits per heavy atom. The van der Waals surface area contributed by atoms with Gasteiger partial charge in [0.1, 0.15) is 0 Å². The van der Waals surface area contributed by atoms with Crippen molar-refractivity contribution in [2.24, 2.45) is 0 Å². The van der Waals surface area contributed by atoms with E-state index in [1.165, 1.54) is 0 Å². The summed E-state index contributed by atoms with van der Waals surface area (Å²) in [5.74, 6) is 0. The lowest BCUT2D eigenvalue weighted by atomic mass is 11.9. The topological polar surface area (TPSA) is 0 Å². The minimum atomic E-state index is -1.07. The van der Waals surface area contributed by atoms with Crippen molar-refractivity contribution < 1.29 is 0 Å². The van der Waals surface area contributed by atoms with Crippen LogP contribution in [-0.2, 0) is 0 Å². The zero-order valence-corrected chi connectivity index (χ0v) is 22.2. The van der Waals surface area contributed by atoms with E-state index in [0.29, 0.717) is 0 Å². The van der Waals surface area contributed by atoms with Gasteiger partial charge in [0.05, 0.1) is 13.5 Å². The summed E-state index contributed by atoms with van der Waals surface area (Å²) in [7, 11) is -1.50. The van der Waals surface area contributed by atoms with E-state index in [2.05, 4.69) is 89.2 Å². The maximum absolute atomic E-state index is 2.84. The molecule has 0 bridgehead atoms. The first-order chi connectivity index (χ1) is 7.96. The molecule has 114 valence electrons. The number of hydrogen-bond donors (Lipinski definition) is 0. The Morgan fingerprint density at radius 2 is 0.579 bits per heavy atom. The molecule has 0 aromatic carbocycles. The lowest BCUT2D eigenvalue weighted by Crippen LogP contribution is -2.84.